The molecule has 0 aliphatic carbocycles. The molecule has 3 N–H and O–H groups in total. The minimum atomic E-state index is -0.600. The molecule has 0 amide bonds. The van der Waals surface area contributed by atoms with Crippen LogP contribution in [0.1, 0.15) is 11.7 Å². The van der Waals surface area contributed by atoms with Crippen molar-refractivity contribution < 1.29 is 10.2 Å². The lowest BCUT2D eigenvalue weighted by Gasteiger charge is -2.13. The molecule has 0 aliphatic heterocycles. The number of hydrogen-bond donors (Lipinski definition) is 3. The third-order valence-corrected chi connectivity index (χ3v) is 2.54. The Labute approximate surface area is 93.6 Å². The number of benzene rings is 1. The van der Waals surface area contributed by atoms with Gasteiger partial charge in [-0.2, -0.15) is 0 Å². The first-order valence-corrected chi connectivity index (χ1v) is 5.13. The molecule has 0 spiro atoms. The van der Waals surface area contributed by atoms with Crippen LogP contribution < -0.4 is 5.32 Å². The summed E-state index contributed by atoms with van der Waals surface area (Å²) in [5.41, 5.74) is 1.30. The lowest BCUT2D eigenvalue weighted by atomic mass is 10.0. The third kappa shape index (κ3) is 1.85. The predicted molar refractivity (Wildman–Crippen MR) is 62.3 cm³/mol. The third-order valence-electron chi connectivity index (χ3n) is 2.54. The Bertz CT molecular complexity index is 499. The summed E-state index contributed by atoms with van der Waals surface area (Å²) in [6.45, 7) is 0.467. The maximum Gasteiger partial charge on any atom is 0.141 e. The molecule has 1 unspecified atom stereocenters. The zero-order valence-electron chi connectivity index (χ0n) is 9.01. The molecule has 0 saturated heterocycles. The number of aliphatic hydroxyl groups is 1. The van der Waals surface area contributed by atoms with Gasteiger partial charge < -0.3 is 15.5 Å². The molecule has 2 rings (SSSR count). The first-order valence-electron chi connectivity index (χ1n) is 5.13. The van der Waals surface area contributed by atoms with Gasteiger partial charge in [-0.05, 0) is 24.7 Å². The van der Waals surface area contributed by atoms with Gasteiger partial charge in [-0.3, -0.25) is 4.98 Å². The van der Waals surface area contributed by atoms with Crippen LogP contribution in [-0.4, -0.2) is 28.8 Å². The summed E-state index contributed by atoms with van der Waals surface area (Å²) in [7, 11) is 1.78. The van der Waals surface area contributed by atoms with E-state index in [-0.39, 0.29) is 5.75 Å². The number of pyridine rings is 1. The Kier molecular flexibility index (Phi) is 3.03. The monoisotopic (exact) mass is 218 g/mol. The highest BCUT2D eigenvalue weighted by Gasteiger charge is 2.12. The van der Waals surface area contributed by atoms with Crippen LogP contribution in [0.2, 0.25) is 0 Å². The first-order chi connectivity index (χ1) is 7.74. The Morgan fingerprint density at radius 3 is 2.94 bits per heavy atom. The van der Waals surface area contributed by atoms with Crippen molar-refractivity contribution in [2.24, 2.45) is 0 Å². The molecule has 1 aromatic carbocycles. The summed E-state index contributed by atoms with van der Waals surface area (Å²) in [6.07, 6.45) is 1.02. The molecule has 4 heteroatoms. The molecule has 0 bridgehead atoms. The molecular weight excluding hydrogens is 204 g/mol. The van der Waals surface area contributed by atoms with E-state index >= 15 is 0 Å². The highest BCUT2D eigenvalue weighted by Crippen LogP contribution is 2.28. The molecule has 0 saturated carbocycles. The second-order valence-corrected chi connectivity index (χ2v) is 3.65. The van der Waals surface area contributed by atoms with Crippen molar-refractivity contribution in [1.29, 1.82) is 0 Å². The SMILES string of the molecule is CNCC(O)c1ccc(O)c2ncccc12. The van der Waals surface area contributed by atoms with Crippen molar-refractivity contribution in [3.63, 3.8) is 0 Å². The molecule has 16 heavy (non-hydrogen) atoms. The predicted octanol–water partition coefficient (Wildman–Crippen LogP) is 1.19. The van der Waals surface area contributed by atoms with E-state index in [1.807, 2.05) is 6.07 Å². The van der Waals surface area contributed by atoms with Gasteiger partial charge in [0.05, 0.1) is 6.10 Å². The molecule has 1 atom stereocenters. The van der Waals surface area contributed by atoms with Crippen LogP contribution in [0.4, 0.5) is 0 Å². The molecule has 84 valence electrons. The zero-order valence-corrected chi connectivity index (χ0v) is 9.01. The molecule has 0 radical (unpaired) electrons. The van der Waals surface area contributed by atoms with E-state index in [1.54, 1.807) is 31.4 Å². The fourth-order valence-corrected chi connectivity index (χ4v) is 1.77. The number of nitrogens with one attached hydrogen (secondary N) is 1. The fraction of sp³-hybridized carbons (Fsp3) is 0.250. The van der Waals surface area contributed by atoms with E-state index < -0.39 is 6.10 Å². The summed E-state index contributed by atoms with van der Waals surface area (Å²) in [4.78, 5) is 4.10. The van der Waals surface area contributed by atoms with Gasteiger partial charge in [-0.25, -0.2) is 0 Å². The van der Waals surface area contributed by atoms with Gasteiger partial charge in [0.25, 0.3) is 0 Å². The second-order valence-electron chi connectivity index (χ2n) is 3.65. The number of hydrogen-bond acceptors (Lipinski definition) is 4. The molecular formula is C12H14N2O2. The van der Waals surface area contributed by atoms with Gasteiger partial charge in [0.1, 0.15) is 11.3 Å². The summed E-state index contributed by atoms with van der Waals surface area (Å²) < 4.78 is 0. The summed E-state index contributed by atoms with van der Waals surface area (Å²) >= 11 is 0. The summed E-state index contributed by atoms with van der Waals surface area (Å²) in [6, 6.07) is 6.92. The maximum atomic E-state index is 9.94. The van der Waals surface area contributed by atoms with Gasteiger partial charge in [-0.1, -0.05) is 12.1 Å². The Balaban J connectivity index is 2.58. The normalized spacial score (nSPS) is 12.9. The lowest BCUT2D eigenvalue weighted by molar-refractivity contribution is 0.179. The van der Waals surface area contributed by atoms with E-state index in [0.29, 0.717) is 12.1 Å². The molecule has 0 fully saturated rings. The lowest BCUT2D eigenvalue weighted by Crippen LogP contribution is -2.16. The molecule has 1 aromatic heterocycles. The summed E-state index contributed by atoms with van der Waals surface area (Å²) in [5.74, 6) is 0.135. The number of aliphatic hydroxyl groups excluding tert-OH is 1. The Morgan fingerprint density at radius 1 is 1.38 bits per heavy atom. The van der Waals surface area contributed by atoms with Crippen LogP contribution in [0.5, 0.6) is 5.75 Å². The van der Waals surface area contributed by atoms with Crippen LogP contribution >= 0.6 is 0 Å². The van der Waals surface area contributed by atoms with E-state index in [1.165, 1.54) is 0 Å². The van der Waals surface area contributed by atoms with Crippen molar-refractivity contribution in [3.05, 3.63) is 36.0 Å². The first kappa shape index (κ1) is 10.9. The van der Waals surface area contributed by atoms with Crippen LogP contribution in [-0.2, 0) is 0 Å². The standard InChI is InChI=1S/C12H14N2O2/c1-13-7-11(16)8-4-5-10(15)12-9(8)3-2-6-14-12/h2-6,11,13,15-16H,7H2,1H3. The van der Waals surface area contributed by atoms with Crippen molar-refractivity contribution in [2.75, 3.05) is 13.6 Å². The van der Waals surface area contributed by atoms with Crippen molar-refractivity contribution in [3.8, 4) is 5.75 Å². The van der Waals surface area contributed by atoms with Crippen LogP contribution in [0, 0.1) is 0 Å². The average Bonchev–Trinajstić information content (AvgIpc) is 2.30. The highest BCUT2D eigenvalue weighted by atomic mass is 16.3. The van der Waals surface area contributed by atoms with Crippen LogP contribution in [0.3, 0.4) is 0 Å². The van der Waals surface area contributed by atoms with E-state index in [2.05, 4.69) is 10.3 Å². The number of fused-ring (bicyclic) bond motifs is 1. The van der Waals surface area contributed by atoms with E-state index in [0.717, 1.165) is 10.9 Å². The minimum Gasteiger partial charge on any atom is -0.506 e. The second kappa shape index (κ2) is 4.47. The van der Waals surface area contributed by atoms with Gasteiger partial charge in [0.2, 0.25) is 0 Å². The number of phenolic OH excluding ortho intramolecular Hbond substituents is 1. The number of rotatable bonds is 3. The van der Waals surface area contributed by atoms with Gasteiger partial charge in [-0.15, -0.1) is 0 Å². The van der Waals surface area contributed by atoms with Gasteiger partial charge in [0.15, 0.2) is 0 Å². The Morgan fingerprint density at radius 2 is 2.19 bits per heavy atom. The number of aromatic hydroxyl groups is 1. The van der Waals surface area contributed by atoms with Crippen LogP contribution in [0.25, 0.3) is 10.9 Å². The van der Waals surface area contributed by atoms with Crippen molar-refractivity contribution in [2.45, 2.75) is 6.10 Å². The van der Waals surface area contributed by atoms with Gasteiger partial charge in [0, 0.05) is 18.1 Å². The number of phenols is 1. The summed E-state index contributed by atoms with van der Waals surface area (Å²) in [5, 5.41) is 23.3. The topological polar surface area (TPSA) is 65.4 Å². The van der Waals surface area contributed by atoms with Crippen LogP contribution in [0.15, 0.2) is 30.5 Å². The highest BCUT2D eigenvalue weighted by molar-refractivity contribution is 5.87. The quantitative estimate of drug-likeness (QED) is 0.724. The zero-order chi connectivity index (χ0) is 11.5. The largest absolute Gasteiger partial charge is 0.506 e. The molecule has 2 aromatic rings. The number of likely N-dealkylation sites (N-methyl/N-ethyl adjacent to an activating group) is 1. The van der Waals surface area contributed by atoms with E-state index in [9.17, 15) is 10.2 Å². The minimum absolute atomic E-state index is 0.135. The van der Waals surface area contributed by atoms with Gasteiger partial charge >= 0.3 is 0 Å². The smallest absolute Gasteiger partial charge is 0.141 e. The fourth-order valence-electron chi connectivity index (χ4n) is 1.77. The van der Waals surface area contributed by atoms with Crippen molar-refractivity contribution >= 4 is 10.9 Å². The number of nitrogens with zero attached hydrogens (tertiary/aromatic N) is 1. The molecule has 4 nitrogen and oxygen atoms in total. The maximum absolute atomic E-state index is 9.94. The van der Waals surface area contributed by atoms with E-state index in [4.69, 9.17) is 0 Å². The Hall–Kier alpha value is -1.65. The molecule has 1 heterocycles. The van der Waals surface area contributed by atoms with Crippen molar-refractivity contribution in [1.82, 2.24) is 10.3 Å². The average molecular weight is 218 g/mol. The number of aromatic nitrogens is 1. The molecule has 0 aliphatic rings.